The van der Waals surface area contributed by atoms with Crippen molar-refractivity contribution < 1.29 is 5.11 Å². The van der Waals surface area contributed by atoms with Gasteiger partial charge >= 0.3 is 0 Å². The van der Waals surface area contributed by atoms with Gasteiger partial charge in [-0.15, -0.1) is 0 Å². The summed E-state index contributed by atoms with van der Waals surface area (Å²) in [6, 6.07) is 8.10. The highest BCUT2D eigenvalue weighted by Gasteiger charge is 2.09. The highest BCUT2D eigenvalue weighted by Crippen LogP contribution is 2.24. The molecule has 0 aliphatic heterocycles. The van der Waals surface area contributed by atoms with Gasteiger partial charge in [-0.05, 0) is 30.9 Å². The first-order valence-electron chi connectivity index (χ1n) is 5.86. The molecule has 1 aliphatic rings. The lowest BCUT2D eigenvalue weighted by atomic mass is 9.97. The number of benzene rings is 1. The van der Waals surface area contributed by atoms with Gasteiger partial charge in [-0.3, -0.25) is 0 Å². The van der Waals surface area contributed by atoms with Crippen LogP contribution in [0.4, 0.5) is 0 Å². The zero-order valence-corrected chi connectivity index (χ0v) is 9.69. The van der Waals surface area contributed by atoms with Crippen LogP contribution in [0.1, 0.15) is 36.5 Å². The van der Waals surface area contributed by atoms with Crippen LogP contribution in [0.15, 0.2) is 48.1 Å². The topological polar surface area (TPSA) is 20.2 Å². The van der Waals surface area contributed by atoms with Gasteiger partial charge in [0.2, 0.25) is 0 Å². The van der Waals surface area contributed by atoms with Gasteiger partial charge in [0.1, 0.15) is 0 Å². The molecule has 84 valence electrons. The maximum atomic E-state index is 10.1. The van der Waals surface area contributed by atoms with E-state index in [4.69, 9.17) is 0 Å². The fourth-order valence-corrected chi connectivity index (χ4v) is 1.95. The molecule has 0 radical (unpaired) electrons. The Bertz CT molecular complexity index is 398. The number of rotatable bonds is 3. The summed E-state index contributed by atoms with van der Waals surface area (Å²) in [5, 5.41) is 10.1. The minimum absolute atomic E-state index is 0.380. The summed E-state index contributed by atoms with van der Waals surface area (Å²) in [4.78, 5) is 0. The standard InChI is InChI=1S/C15H18O/c1-12-7-9-14(10-8-12)15(16)11-13-5-3-2-4-6-13/h3,5-10,15-16H,2,4,11H2,1H3. The van der Waals surface area contributed by atoms with E-state index in [0.717, 1.165) is 24.8 Å². The van der Waals surface area contributed by atoms with Gasteiger partial charge in [0.25, 0.3) is 0 Å². The van der Waals surface area contributed by atoms with Crippen molar-refractivity contribution in [3.8, 4) is 0 Å². The molecule has 1 N–H and O–H groups in total. The number of aryl methyl sites for hydroxylation is 1. The van der Waals surface area contributed by atoms with Crippen LogP contribution in [0.5, 0.6) is 0 Å². The van der Waals surface area contributed by atoms with E-state index in [0.29, 0.717) is 0 Å². The van der Waals surface area contributed by atoms with Crippen LogP contribution in [-0.2, 0) is 0 Å². The first-order chi connectivity index (χ1) is 7.75. The molecule has 0 aromatic heterocycles. The minimum Gasteiger partial charge on any atom is -0.388 e. The molecule has 0 saturated carbocycles. The molecule has 1 aromatic carbocycles. The summed E-state index contributed by atoms with van der Waals surface area (Å²) < 4.78 is 0. The lowest BCUT2D eigenvalue weighted by Gasteiger charge is -2.13. The van der Waals surface area contributed by atoms with Gasteiger partial charge in [-0.1, -0.05) is 48.1 Å². The van der Waals surface area contributed by atoms with Crippen molar-refractivity contribution in [2.45, 2.75) is 32.3 Å². The first-order valence-corrected chi connectivity index (χ1v) is 5.86. The maximum Gasteiger partial charge on any atom is 0.0830 e. The largest absolute Gasteiger partial charge is 0.388 e. The number of aliphatic hydroxyl groups is 1. The van der Waals surface area contributed by atoms with Crippen molar-refractivity contribution in [2.24, 2.45) is 0 Å². The molecule has 0 fully saturated rings. The molecule has 1 aliphatic carbocycles. The zero-order chi connectivity index (χ0) is 11.4. The third-order valence-electron chi connectivity index (χ3n) is 2.96. The summed E-state index contributed by atoms with van der Waals surface area (Å²) in [7, 11) is 0. The monoisotopic (exact) mass is 214 g/mol. The molecule has 1 aromatic rings. The van der Waals surface area contributed by atoms with E-state index in [9.17, 15) is 5.11 Å². The third-order valence-corrected chi connectivity index (χ3v) is 2.96. The molecule has 16 heavy (non-hydrogen) atoms. The Labute approximate surface area is 97.1 Å². The molecule has 0 heterocycles. The molecule has 0 spiro atoms. The van der Waals surface area contributed by atoms with Crippen LogP contribution < -0.4 is 0 Å². The van der Waals surface area contributed by atoms with Crippen molar-refractivity contribution in [1.82, 2.24) is 0 Å². The number of aliphatic hydroxyl groups excluding tert-OH is 1. The molecule has 1 unspecified atom stereocenters. The van der Waals surface area contributed by atoms with Crippen molar-refractivity contribution in [3.63, 3.8) is 0 Å². The van der Waals surface area contributed by atoms with Crippen molar-refractivity contribution in [1.29, 1.82) is 0 Å². The van der Waals surface area contributed by atoms with E-state index < -0.39 is 0 Å². The fourth-order valence-electron chi connectivity index (χ4n) is 1.95. The van der Waals surface area contributed by atoms with Crippen LogP contribution >= 0.6 is 0 Å². The Balaban J connectivity index is 2.02. The van der Waals surface area contributed by atoms with Crippen LogP contribution in [-0.4, -0.2) is 5.11 Å². The minimum atomic E-state index is -0.380. The fraction of sp³-hybridized carbons (Fsp3) is 0.333. The number of allylic oxidation sites excluding steroid dienone is 3. The molecule has 2 rings (SSSR count). The molecule has 1 atom stereocenters. The third kappa shape index (κ3) is 2.83. The average Bonchev–Trinajstić information content (AvgIpc) is 2.31. The number of hydrogen-bond acceptors (Lipinski definition) is 1. The smallest absolute Gasteiger partial charge is 0.0830 e. The van der Waals surface area contributed by atoms with Gasteiger partial charge in [-0.25, -0.2) is 0 Å². The van der Waals surface area contributed by atoms with E-state index in [1.54, 1.807) is 0 Å². The van der Waals surface area contributed by atoms with Crippen LogP contribution in [0.2, 0.25) is 0 Å². The Morgan fingerprint density at radius 1 is 1.19 bits per heavy atom. The lowest BCUT2D eigenvalue weighted by molar-refractivity contribution is 0.179. The van der Waals surface area contributed by atoms with Gasteiger partial charge in [0.05, 0.1) is 6.10 Å². The summed E-state index contributed by atoms with van der Waals surface area (Å²) >= 11 is 0. The van der Waals surface area contributed by atoms with Gasteiger partial charge in [0.15, 0.2) is 0 Å². The van der Waals surface area contributed by atoms with E-state index in [1.165, 1.54) is 11.1 Å². The molecule has 0 amide bonds. The Morgan fingerprint density at radius 3 is 2.56 bits per heavy atom. The Kier molecular flexibility index (Phi) is 3.58. The van der Waals surface area contributed by atoms with Gasteiger partial charge in [0, 0.05) is 6.42 Å². The van der Waals surface area contributed by atoms with E-state index >= 15 is 0 Å². The summed E-state index contributed by atoms with van der Waals surface area (Å²) in [6.45, 7) is 2.06. The second-order valence-electron chi connectivity index (χ2n) is 4.39. The van der Waals surface area contributed by atoms with E-state index in [1.807, 2.05) is 24.3 Å². The molecular formula is C15H18O. The van der Waals surface area contributed by atoms with Crippen molar-refractivity contribution in [3.05, 3.63) is 59.2 Å². The van der Waals surface area contributed by atoms with E-state index in [2.05, 4.69) is 25.2 Å². The molecule has 1 heteroatoms. The number of hydrogen-bond donors (Lipinski definition) is 1. The van der Waals surface area contributed by atoms with Crippen LogP contribution in [0.25, 0.3) is 0 Å². The highest BCUT2D eigenvalue weighted by molar-refractivity contribution is 5.28. The normalized spacial score (nSPS) is 17.0. The summed E-state index contributed by atoms with van der Waals surface area (Å²) in [5.41, 5.74) is 3.48. The summed E-state index contributed by atoms with van der Waals surface area (Å²) in [6.07, 6.45) is 9.10. The second kappa shape index (κ2) is 5.13. The SMILES string of the molecule is Cc1ccc(C(O)CC2=CCCC=C2)cc1. The molecule has 0 saturated heterocycles. The second-order valence-corrected chi connectivity index (χ2v) is 4.39. The maximum absolute atomic E-state index is 10.1. The van der Waals surface area contributed by atoms with Crippen molar-refractivity contribution in [2.75, 3.05) is 0 Å². The predicted molar refractivity (Wildman–Crippen MR) is 67.2 cm³/mol. The zero-order valence-electron chi connectivity index (χ0n) is 9.69. The van der Waals surface area contributed by atoms with E-state index in [-0.39, 0.29) is 6.10 Å². The molecule has 0 bridgehead atoms. The van der Waals surface area contributed by atoms with Crippen molar-refractivity contribution >= 4 is 0 Å². The molecule has 1 nitrogen and oxygen atoms in total. The van der Waals surface area contributed by atoms with Crippen LogP contribution in [0, 0.1) is 6.92 Å². The van der Waals surface area contributed by atoms with Crippen LogP contribution in [0.3, 0.4) is 0 Å². The average molecular weight is 214 g/mol. The quantitative estimate of drug-likeness (QED) is 0.813. The predicted octanol–water partition coefficient (Wildman–Crippen LogP) is 3.69. The Hall–Kier alpha value is -1.34. The lowest BCUT2D eigenvalue weighted by Crippen LogP contribution is -1.99. The van der Waals surface area contributed by atoms with Gasteiger partial charge < -0.3 is 5.11 Å². The Morgan fingerprint density at radius 2 is 1.94 bits per heavy atom. The van der Waals surface area contributed by atoms with Gasteiger partial charge in [-0.2, -0.15) is 0 Å². The highest BCUT2D eigenvalue weighted by atomic mass is 16.3. The molecular weight excluding hydrogens is 196 g/mol. The summed E-state index contributed by atoms with van der Waals surface area (Å²) in [5.74, 6) is 0. The first kappa shape index (κ1) is 11.2.